The van der Waals surface area contributed by atoms with Crippen molar-refractivity contribution in [3.8, 4) is 11.5 Å². The molecule has 1 fully saturated rings. The molecule has 30 heavy (non-hydrogen) atoms. The number of esters is 1. The van der Waals surface area contributed by atoms with Crippen molar-refractivity contribution in [2.75, 3.05) is 26.1 Å². The van der Waals surface area contributed by atoms with E-state index in [9.17, 15) is 19.2 Å². The molecular formula is C21H24N2O7. The first kappa shape index (κ1) is 21.4. The van der Waals surface area contributed by atoms with Crippen LogP contribution in [0, 0.1) is 11.8 Å². The third-order valence-electron chi connectivity index (χ3n) is 5.21. The van der Waals surface area contributed by atoms with Gasteiger partial charge in [-0.2, -0.15) is 0 Å². The molecule has 0 bridgehead atoms. The first-order chi connectivity index (χ1) is 14.3. The molecule has 1 aliphatic carbocycles. The summed E-state index contributed by atoms with van der Waals surface area (Å²) in [6, 6.07) is 4.82. The van der Waals surface area contributed by atoms with Gasteiger partial charge in [-0.25, -0.2) is 0 Å². The van der Waals surface area contributed by atoms with Crippen LogP contribution in [0.15, 0.2) is 30.4 Å². The highest BCUT2D eigenvalue weighted by Crippen LogP contribution is 2.35. The van der Waals surface area contributed by atoms with Gasteiger partial charge in [0.25, 0.3) is 5.91 Å². The van der Waals surface area contributed by atoms with Crippen LogP contribution in [0.25, 0.3) is 0 Å². The highest BCUT2D eigenvalue weighted by atomic mass is 16.5. The van der Waals surface area contributed by atoms with Crippen molar-refractivity contribution in [3.05, 3.63) is 30.4 Å². The molecule has 3 rings (SSSR count). The van der Waals surface area contributed by atoms with E-state index < -0.39 is 36.4 Å². The Bertz CT molecular complexity index is 869. The number of imide groups is 1. The minimum Gasteiger partial charge on any atom is -0.493 e. The largest absolute Gasteiger partial charge is 0.493 e. The smallest absolute Gasteiger partial charge is 0.326 e. The summed E-state index contributed by atoms with van der Waals surface area (Å²) in [5.41, 5.74) is 0.432. The second-order valence-electron chi connectivity index (χ2n) is 7.11. The lowest BCUT2D eigenvalue weighted by molar-refractivity contribution is -0.158. The van der Waals surface area contributed by atoms with Crippen molar-refractivity contribution in [1.29, 1.82) is 0 Å². The number of likely N-dealkylation sites (tertiary alicyclic amines) is 1. The third kappa shape index (κ3) is 4.29. The summed E-state index contributed by atoms with van der Waals surface area (Å²) in [5, 5.41) is 2.62. The van der Waals surface area contributed by atoms with E-state index in [4.69, 9.17) is 14.2 Å². The lowest BCUT2D eigenvalue weighted by atomic mass is 9.85. The number of allylic oxidation sites excluding steroid dienone is 2. The molecule has 1 N–H and O–H groups in total. The predicted octanol–water partition coefficient (Wildman–Crippen LogP) is 1.53. The zero-order valence-corrected chi connectivity index (χ0v) is 17.0. The van der Waals surface area contributed by atoms with Gasteiger partial charge in [0.1, 0.15) is 6.54 Å². The van der Waals surface area contributed by atoms with Gasteiger partial charge in [-0.3, -0.25) is 24.1 Å². The number of nitrogens with zero attached hydrogens (tertiary/aromatic N) is 1. The molecule has 1 aromatic carbocycles. The number of amides is 3. The van der Waals surface area contributed by atoms with Crippen molar-refractivity contribution >= 4 is 29.4 Å². The molecule has 0 aromatic heterocycles. The number of fused-ring (bicyclic) bond motifs is 1. The molecule has 1 saturated heterocycles. The minimum absolute atomic E-state index is 0.367. The van der Waals surface area contributed by atoms with Crippen LogP contribution in [0.5, 0.6) is 11.5 Å². The second kappa shape index (κ2) is 8.98. The molecule has 0 saturated carbocycles. The summed E-state index contributed by atoms with van der Waals surface area (Å²) < 4.78 is 15.5. The number of rotatable bonds is 7. The van der Waals surface area contributed by atoms with E-state index in [-0.39, 0.29) is 11.8 Å². The normalized spacial score (nSPS) is 21.1. The number of methoxy groups -OCH3 is 2. The monoisotopic (exact) mass is 416 g/mol. The number of hydrogen-bond acceptors (Lipinski definition) is 7. The number of anilines is 1. The first-order valence-corrected chi connectivity index (χ1v) is 9.58. The Balaban J connectivity index is 1.56. The number of benzene rings is 1. The molecule has 1 aliphatic heterocycles. The predicted molar refractivity (Wildman–Crippen MR) is 106 cm³/mol. The Morgan fingerprint density at radius 3 is 2.23 bits per heavy atom. The Morgan fingerprint density at radius 1 is 1.07 bits per heavy atom. The van der Waals surface area contributed by atoms with Gasteiger partial charge in [-0.05, 0) is 31.9 Å². The van der Waals surface area contributed by atoms with E-state index in [2.05, 4.69) is 5.32 Å². The summed E-state index contributed by atoms with van der Waals surface area (Å²) in [5.74, 6) is -2.01. The Hall–Kier alpha value is -3.36. The van der Waals surface area contributed by atoms with Gasteiger partial charge in [-0.1, -0.05) is 12.2 Å². The highest BCUT2D eigenvalue weighted by Gasteiger charge is 2.47. The average molecular weight is 416 g/mol. The van der Waals surface area contributed by atoms with Gasteiger partial charge >= 0.3 is 5.97 Å². The van der Waals surface area contributed by atoms with Crippen LogP contribution in [-0.4, -0.2) is 55.5 Å². The van der Waals surface area contributed by atoms with E-state index in [1.54, 1.807) is 18.2 Å². The highest BCUT2D eigenvalue weighted by molar-refractivity contribution is 6.07. The number of hydrogen-bond donors (Lipinski definition) is 1. The number of nitrogens with one attached hydrogen (secondary N) is 1. The van der Waals surface area contributed by atoms with Crippen LogP contribution >= 0.6 is 0 Å². The summed E-state index contributed by atoms with van der Waals surface area (Å²) >= 11 is 0. The average Bonchev–Trinajstić information content (AvgIpc) is 2.98. The zero-order chi connectivity index (χ0) is 21.8. The quantitative estimate of drug-likeness (QED) is 0.408. The van der Waals surface area contributed by atoms with E-state index in [0.29, 0.717) is 30.0 Å². The van der Waals surface area contributed by atoms with Crippen LogP contribution in [0.4, 0.5) is 5.69 Å². The van der Waals surface area contributed by atoms with Crippen molar-refractivity contribution < 1.29 is 33.4 Å². The van der Waals surface area contributed by atoms with E-state index in [1.807, 2.05) is 12.2 Å². The van der Waals surface area contributed by atoms with Crippen molar-refractivity contribution in [1.82, 2.24) is 4.90 Å². The van der Waals surface area contributed by atoms with Crippen molar-refractivity contribution in [3.63, 3.8) is 0 Å². The Morgan fingerprint density at radius 2 is 1.67 bits per heavy atom. The van der Waals surface area contributed by atoms with Crippen LogP contribution in [0.3, 0.4) is 0 Å². The SMILES string of the molecule is COc1ccc(NC(=O)[C@H](C)OC(=O)CN2C(=O)[C@H]3CC=CC[C@H]3C2=O)cc1OC. The number of ether oxygens (including phenoxy) is 3. The molecule has 0 spiro atoms. The molecule has 160 valence electrons. The third-order valence-corrected chi connectivity index (χ3v) is 5.21. The maximum atomic E-state index is 12.4. The van der Waals surface area contributed by atoms with Crippen LogP contribution in [0.1, 0.15) is 19.8 Å². The summed E-state index contributed by atoms with van der Waals surface area (Å²) in [7, 11) is 2.97. The van der Waals surface area contributed by atoms with E-state index in [0.717, 1.165) is 4.90 Å². The van der Waals surface area contributed by atoms with Gasteiger partial charge < -0.3 is 19.5 Å². The van der Waals surface area contributed by atoms with E-state index in [1.165, 1.54) is 21.1 Å². The molecule has 9 heteroatoms. The van der Waals surface area contributed by atoms with Gasteiger partial charge in [0.15, 0.2) is 17.6 Å². The molecule has 0 unspecified atom stereocenters. The maximum Gasteiger partial charge on any atom is 0.326 e. The van der Waals surface area contributed by atoms with Gasteiger partial charge in [0.2, 0.25) is 11.8 Å². The molecule has 0 radical (unpaired) electrons. The summed E-state index contributed by atoms with van der Waals surface area (Å²) in [4.78, 5) is 50.4. The van der Waals surface area contributed by atoms with E-state index >= 15 is 0 Å². The van der Waals surface area contributed by atoms with Crippen LogP contribution < -0.4 is 14.8 Å². The Labute approximate surface area is 174 Å². The fourth-order valence-corrected chi connectivity index (χ4v) is 3.60. The lowest BCUT2D eigenvalue weighted by Crippen LogP contribution is -2.39. The lowest BCUT2D eigenvalue weighted by Gasteiger charge is -2.17. The summed E-state index contributed by atoms with van der Waals surface area (Å²) in [6.45, 7) is 0.907. The second-order valence-corrected chi connectivity index (χ2v) is 7.11. The topological polar surface area (TPSA) is 111 Å². The van der Waals surface area contributed by atoms with Crippen LogP contribution in [0.2, 0.25) is 0 Å². The molecule has 1 aromatic rings. The molecule has 9 nitrogen and oxygen atoms in total. The fraction of sp³-hybridized carbons (Fsp3) is 0.429. The molecule has 1 heterocycles. The number of carbonyl (C=O) groups excluding carboxylic acids is 4. The standard InChI is InChI=1S/C21H24N2O7/c1-12(19(25)22-13-8-9-16(28-2)17(10-13)29-3)30-18(24)11-23-20(26)14-6-4-5-7-15(14)21(23)27/h4-5,8-10,12,14-15H,6-7,11H2,1-3H3,(H,22,25)/t12-,14-,15+/m0/s1. The van der Waals surface area contributed by atoms with Crippen molar-refractivity contribution in [2.45, 2.75) is 25.9 Å². The molecular weight excluding hydrogens is 392 g/mol. The van der Waals surface area contributed by atoms with Gasteiger partial charge in [0, 0.05) is 11.8 Å². The molecule has 2 aliphatic rings. The van der Waals surface area contributed by atoms with Crippen molar-refractivity contribution in [2.24, 2.45) is 11.8 Å². The fourth-order valence-electron chi connectivity index (χ4n) is 3.60. The zero-order valence-electron chi connectivity index (χ0n) is 17.0. The number of carbonyl (C=O) groups is 4. The Kier molecular flexibility index (Phi) is 6.39. The van der Waals surface area contributed by atoms with Gasteiger partial charge in [-0.15, -0.1) is 0 Å². The summed E-state index contributed by atoms with van der Waals surface area (Å²) in [6.07, 6.45) is 3.60. The molecule has 3 amide bonds. The van der Waals surface area contributed by atoms with Crippen LogP contribution in [-0.2, 0) is 23.9 Å². The minimum atomic E-state index is -1.12. The first-order valence-electron chi connectivity index (χ1n) is 9.58. The molecule has 3 atom stereocenters. The maximum absolute atomic E-state index is 12.4. The van der Waals surface area contributed by atoms with Gasteiger partial charge in [0.05, 0.1) is 26.1 Å².